The molecule has 32 heavy (non-hydrogen) atoms. The van der Waals surface area contributed by atoms with Crippen LogP contribution in [0.3, 0.4) is 0 Å². The molecular formula is C26H34N4O2. The zero-order valence-electron chi connectivity index (χ0n) is 18.7. The van der Waals surface area contributed by atoms with Gasteiger partial charge < -0.3 is 15.3 Å². The van der Waals surface area contributed by atoms with E-state index < -0.39 is 0 Å². The summed E-state index contributed by atoms with van der Waals surface area (Å²) in [5.74, 6) is 0.239. The molecule has 2 aliphatic heterocycles. The van der Waals surface area contributed by atoms with E-state index >= 15 is 0 Å². The molecule has 5 rings (SSSR count). The molecule has 2 amide bonds. The van der Waals surface area contributed by atoms with Gasteiger partial charge in [0, 0.05) is 49.5 Å². The molecule has 6 heteroatoms. The van der Waals surface area contributed by atoms with Gasteiger partial charge in [-0.05, 0) is 55.0 Å². The summed E-state index contributed by atoms with van der Waals surface area (Å²) in [6.45, 7) is 2.70. The Morgan fingerprint density at radius 3 is 2.53 bits per heavy atom. The van der Waals surface area contributed by atoms with Crippen LogP contribution in [-0.4, -0.2) is 70.3 Å². The lowest BCUT2D eigenvalue weighted by atomic mass is 9.74. The second-order valence-corrected chi connectivity index (χ2v) is 9.53. The predicted molar refractivity (Wildman–Crippen MR) is 125 cm³/mol. The third kappa shape index (κ3) is 4.26. The number of aliphatic hydroxyl groups excluding tert-OH is 1. The van der Waals surface area contributed by atoms with Crippen molar-refractivity contribution in [2.24, 2.45) is 0 Å². The van der Waals surface area contributed by atoms with E-state index in [4.69, 9.17) is 0 Å². The molecule has 2 aromatic rings. The lowest BCUT2D eigenvalue weighted by Crippen LogP contribution is -2.68. The number of nitrogens with one attached hydrogen (secondary N) is 1. The average Bonchev–Trinajstić information content (AvgIpc) is 3.32. The highest BCUT2D eigenvalue weighted by atomic mass is 16.3. The quantitative estimate of drug-likeness (QED) is 0.771. The molecule has 3 aliphatic rings. The number of hydrogen-bond acceptors (Lipinski definition) is 4. The minimum atomic E-state index is 0.0943. The van der Waals surface area contributed by atoms with Gasteiger partial charge in [0.1, 0.15) is 0 Å². The number of aromatic nitrogens is 1. The summed E-state index contributed by atoms with van der Waals surface area (Å²) in [4.78, 5) is 21.7. The fraction of sp³-hybridized carbons (Fsp3) is 0.538. The summed E-state index contributed by atoms with van der Waals surface area (Å²) in [6.07, 6.45) is 10.4. The second kappa shape index (κ2) is 9.59. The molecule has 2 N–H and O–H groups in total. The number of amides is 2. The molecule has 3 fully saturated rings. The Morgan fingerprint density at radius 2 is 1.81 bits per heavy atom. The fourth-order valence-corrected chi connectivity index (χ4v) is 5.89. The summed E-state index contributed by atoms with van der Waals surface area (Å²) >= 11 is 0. The number of carbonyl (C=O) groups excluding carboxylic acids is 1. The maximum Gasteiger partial charge on any atom is 0.317 e. The molecule has 3 heterocycles. The van der Waals surface area contributed by atoms with Crippen molar-refractivity contribution in [2.45, 2.75) is 62.6 Å². The normalized spacial score (nSPS) is 26.7. The van der Waals surface area contributed by atoms with Gasteiger partial charge in [-0.2, -0.15) is 0 Å². The highest BCUT2D eigenvalue weighted by Gasteiger charge is 2.49. The van der Waals surface area contributed by atoms with E-state index in [1.807, 2.05) is 17.2 Å². The van der Waals surface area contributed by atoms with Crippen LogP contribution in [0, 0.1) is 0 Å². The van der Waals surface area contributed by atoms with Crippen LogP contribution in [0.1, 0.15) is 50.0 Å². The Hall–Kier alpha value is -2.44. The molecule has 0 spiro atoms. The van der Waals surface area contributed by atoms with Gasteiger partial charge >= 0.3 is 6.03 Å². The van der Waals surface area contributed by atoms with Crippen LogP contribution in [0.4, 0.5) is 4.79 Å². The summed E-state index contributed by atoms with van der Waals surface area (Å²) in [7, 11) is 0. The topological polar surface area (TPSA) is 68.7 Å². The van der Waals surface area contributed by atoms with Gasteiger partial charge in [0.25, 0.3) is 0 Å². The Kier molecular flexibility index (Phi) is 6.42. The van der Waals surface area contributed by atoms with Crippen LogP contribution in [0.5, 0.6) is 0 Å². The van der Waals surface area contributed by atoms with Gasteiger partial charge in [-0.3, -0.25) is 9.88 Å². The highest BCUT2D eigenvalue weighted by Crippen LogP contribution is 2.42. The largest absolute Gasteiger partial charge is 0.395 e. The van der Waals surface area contributed by atoms with Crippen LogP contribution in [-0.2, 0) is 0 Å². The molecule has 1 aromatic heterocycles. The average molecular weight is 435 g/mol. The van der Waals surface area contributed by atoms with Gasteiger partial charge in [0.2, 0.25) is 0 Å². The Balaban J connectivity index is 1.33. The molecule has 6 nitrogen and oxygen atoms in total. The standard InChI is InChI=1S/C26H34N4O2/c31-18-24-25(20-11-9-19(10-12-20)21-6-5-13-27-16-21)23-17-29(14-3-4-15-30(23)24)26(32)28-22-7-1-2-8-22/h5-6,9-13,16,22-25,31H,1-4,7-8,14-15,17-18H2,(H,28,32)/t23-,24-,25-/m0/s1. The van der Waals surface area contributed by atoms with Crippen molar-refractivity contribution >= 4 is 6.03 Å². The maximum atomic E-state index is 13.0. The van der Waals surface area contributed by atoms with E-state index in [1.165, 1.54) is 18.4 Å². The van der Waals surface area contributed by atoms with E-state index in [2.05, 4.69) is 45.5 Å². The number of nitrogens with zero attached hydrogens (tertiary/aromatic N) is 3. The minimum Gasteiger partial charge on any atom is -0.395 e. The molecule has 1 saturated carbocycles. The van der Waals surface area contributed by atoms with Crippen molar-refractivity contribution < 1.29 is 9.90 Å². The predicted octanol–water partition coefficient (Wildman–Crippen LogP) is 3.63. The van der Waals surface area contributed by atoms with Gasteiger partial charge in [-0.1, -0.05) is 43.2 Å². The van der Waals surface area contributed by atoms with Gasteiger partial charge in [-0.25, -0.2) is 4.79 Å². The molecular weight excluding hydrogens is 400 g/mol. The van der Waals surface area contributed by atoms with Crippen LogP contribution < -0.4 is 5.32 Å². The summed E-state index contributed by atoms with van der Waals surface area (Å²) < 4.78 is 0. The van der Waals surface area contributed by atoms with E-state index in [0.717, 1.165) is 56.4 Å². The van der Waals surface area contributed by atoms with E-state index in [-0.39, 0.29) is 30.6 Å². The first-order chi connectivity index (χ1) is 15.7. The smallest absolute Gasteiger partial charge is 0.317 e. The first kappa shape index (κ1) is 21.4. The number of aliphatic hydroxyl groups is 1. The van der Waals surface area contributed by atoms with Gasteiger partial charge in [-0.15, -0.1) is 0 Å². The summed E-state index contributed by atoms with van der Waals surface area (Å²) in [5, 5.41) is 13.4. The van der Waals surface area contributed by atoms with Crippen LogP contribution >= 0.6 is 0 Å². The van der Waals surface area contributed by atoms with Gasteiger partial charge in [0.15, 0.2) is 0 Å². The molecule has 3 atom stereocenters. The molecule has 0 radical (unpaired) electrons. The number of benzene rings is 1. The monoisotopic (exact) mass is 434 g/mol. The lowest BCUT2D eigenvalue weighted by Gasteiger charge is -2.57. The number of rotatable bonds is 4. The SMILES string of the molecule is O=C(NC1CCCC1)N1CCCCN2[C@@H](CO)[C@@H](c3ccc(-c4cccnc4)cc3)[C@@H]2C1. The maximum absolute atomic E-state index is 13.0. The third-order valence-electron chi connectivity index (χ3n) is 7.63. The first-order valence-electron chi connectivity index (χ1n) is 12.2. The van der Waals surface area contributed by atoms with Crippen molar-refractivity contribution in [3.8, 4) is 11.1 Å². The van der Waals surface area contributed by atoms with Crippen LogP contribution in [0.25, 0.3) is 11.1 Å². The molecule has 1 aromatic carbocycles. The fourth-order valence-electron chi connectivity index (χ4n) is 5.89. The zero-order chi connectivity index (χ0) is 21.9. The van der Waals surface area contributed by atoms with Gasteiger partial charge in [0.05, 0.1) is 6.61 Å². The van der Waals surface area contributed by atoms with Crippen molar-refractivity contribution in [1.29, 1.82) is 0 Å². The molecule has 170 valence electrons. The molecule has 1 aliphatic carbocycles. The molecule has 0 unspecified atom stereocenters. The number of pyridine rings is 1. The number of carbonyl (C=O) groups is 1. The minimum absolute atomic E-state index is 0.0943. The van der Waals surface area contributed by atoms with E-state index in [9.17, 15) is 9.90 Å². The Morgan fingerprint density at radius 1 is 1.03 bits per heavy atom. The molecule has 2 saturated heterocycles. The van der Waals surface area contributed by atoms with E-state index in [1.54, 1.807) is 6.20 Å². The molecule has 0 bridgehead atoms. The number of hydrogen-bond donors (Lipinski definition) is 2. The Labute approximate surface area is 190 Å². The van der Waals surface area contributed by atoms with Crippen molar-refractivity contribution in [3.05, 3.63) is 54.4 Å². The summed E-state index contributed by atoms with van der Waals surface area (Å²) in [6, 6.07) is 13.5. The lowest BCUT2D eigenvalue weighted by molar-refractivity contribution is -0.0591. The highest BCUT2D eigenvalue weighted by molar-refractivity contribution is 5.74. The number of fused-ring (bicyclic) bond motifs is 1. The van der Waals surface area contributed by atoms with Crippen LogP contribution in [0.2, 0.25) is 0 Å². The van der Waals surface area contributed by atoms with Crippen molar-refractivity contribution in [2.75, 3.05) is 26.2 Å². The van der Waals surface area contributed by atoms with Crippen molar-refractivity contribution in [3.63, 3.8) is 0 Å². The Bertz CT molecular complexity index is 898. The summed E-state index contributed by atoms with van der Waals surface area (Å²) in [5.41, 5.74) is 3.50. The zero-order valence-corrected chi connectivity index (χ0v) is 18.7. The van der Waals surface area contributed by atoms with Crippen molar-refractivity contribution in [1.82, 2.24) is 20.1 Å². The second-order valence-electron chi connectivity index (χ2n) is 9.53. The van der Waals surface area contributed by atoms with E-state index in [0.29, 0.717) is 6.04 Å². The van der Waals surface area contributed by atoms with Crippen LogP contribution in [0.15, 0.2) is 48.8 Å². The third-order valence-corrected chi connectivity index (χ3v) is 7.63. The number of urea groups is 1. The first-order valence-corrected chi connectivity index (χ1v) is 12.2.